The maximum Gasteiger partial charge on any atom is 0.223 e. The summed E-state index contributed by atoms with van der Waals surface area (Å²) in [5.74, 6) is 3.35. The lowest BCUT2D eigenvalue weighted by molar-refractivity contribution is -0.127. The van der Waals surface area contributed by atoms with Crippen LogP contribution in [0.2, 0.25) is 0 Å². The zero-order chi connectivity index (χ0) is 16.1. The molecule has 1 saturated heterocycles. The van der Waals surface area contributed by atoms with Gasteiger partial charge in [-0.05, 0) is 43.9 Å². The SMILES string of the molecule is CN=C(NCCCNC(=O)C1CCC1)N1CC2CCCCC2C1. The average molecular weight is 320 g/mol. The van der Waals surface area contributed by atoms with Gasteiger partial charge in [-0.3, -0.25) is 9.79 Å². The molecule has 1 amide bonds. The second kappa shape index (κ2) is 8.02. The molecule has 2 unspecified atom stereocenters. The predicted molar refractivity (Wildman–Crippen MR) is 93.4 cm³/mol. The number of guanidine groups is 1. The van der Waals surface area contributed by atoms with Gasteiger partial charge in [-0.1, -0.05) is 19.3 Å². The monoisotopic (exact) mass is 320 g/mol. The molecule has 3 fully saturated rings. The number of nitrogens with zero attached hydrogens (tertiary/aromatic N) is 2. The van der Waals surface area contributed by atoms with Gasteiger partial charge >= 0.3 is 0 Å². The summed E-state index contributed by atoms with van der Waals surface area (Å²) in [6, 6.07) is 0. The summed E-state index contributed by atoms with van der Waals surface area (Å²) in [6.45, 7) is 3.99. The number of fused-ring (bicyclic) bond motifs is 1. The quantitative estimate of drug-likeness (QED) is 0.463. The molecule has 5 heteroatoms. The van der Waals surface area contributed by atoms with Crippen LogP contribution in [-0.2, 0) is 4.79 Å². The van der Waals surface area contributed by atoms with Crippen LogP contribution in [-0.4, -0.2) is 50.0 Å². The van der Waals surface area contributed by atoms with Gasteiger partial charge in [-0.2, -0.15) is 0 Å². The van der Waals surface area contributed by atoms with E-state index in [0.29, 0.717) is 5.92 Å². The first-order valence-electron chi connectivity index (χ1n) is 9.51. The number of carbonyl (C=O) groups excluding carboxylic acids is 1. The van der Waals surface area contributed by atoms with Crippen molar-refractivity contribution >= 4 is 11.9 Å². The Morgan fingerprint density at radius 3 is 2.22 bits per heavy atom. The van der Waals surface area contributed by atoms with Gasteiger partial charge in [0.25, 0.3) is 0 Å². The molecule has 1 heterocycles. The number of likely N-dealkylation sites (tertiary alicyclic amines) is 1. The van der Waals surface area contributed by atoms with Crippen molar-refractivity contribution in [3.8, 4) is 0 Å². The molecule has 3 rings (SSSR count). The second-order valence-corrected chi connectivity index (χ2v) is 7.46. The maximum absolute atomic E-state index is 11.8. The number of nitrogens with one attached hydrogen (secondary N) is 2. The number of amides is 1. The highest BCUT2D eigenvalue weighted by molar-refractivity contribution is 5.80. The summed E-state index contributed by atoms with van der Waals surface area (Å²) in [4.78, 5) is 18.7. The Morgan fingerprint density at radius 1 is 1.00 bits per heavy atom. The third-order valence-electron chi connectivity index (χ3n) is 5.90. The molecule has 130 valence electrons. The number of carbonyl (C=O) groups is 1. The molecule has 23 heavy (non-hydrogen) atoms. The fourth-order valence-electron chi connectivity index (χ4n) is 4.23. The van der Waals surface area contributed by atoms with Crippen LogP contribution in [0.3, 0.4) is 0 Å². The van der Waals surface area contributed by atoms with Crippen molar-refractivity contribution < 1.29 is 4.79 Å². The molecule has 0 bridgehead atoms. The van der Waals surface area contributed by atoms with E-state index in [-0.39, 0.29) is 5.91 Å². The van der Waals surface area contributed by atoms with E-state index in [1.807, 2.05) is 7.05 Å². The van der Waals surface area contributed by atoms with E-state index in [1.165, 1.54) is 45.2 Å². The summed E-state index contributed by atoms with van der Waals surface area (Å²) in [6.07, 6.45) is 9.92. The predicted octanol–water partition coefficient (Wildman–Crippen LogP) is 1.99. The fraction of sp³-hybridized carbons (Fsp3) is 0.889. The molecule has 0 aromatic heterocycles. The molecule has 3 aliphatic rings. The fourth-order valence-corrected chi connectivity index (χ4v) is 4.23. The van der Waals surface area contributed by atoms with Crippen LogP contribution in [0.15, 0.2) is 4.99 Å². The van der Waals surface area contributed by atoms with E-state index in [9.17, 15) is 4.79 Å². The van der Waals surface area contributed by atoms with E-state index in [0.717, 1.165) is 50.1 Å². The molecule has 0 spiro atoms. The number of aliphatic imine (C=N–C) groups is 1. The van der Waals surface area contributed by atoms with Crippen molar-refractivity contribution in [2.24, 2.45) is 22.7 Å². The second-order valence-electron chi connectivity index (χ2n) is 7.46. The van der Waals surface area contributed by atoms with Crippen molar-refractivity contribution in [1.82, 2.24) is 15.5 Å². The normalized spacial score (nSPS) is 28.2. The summed E-state index contributed by atoms with van der Waals surface area (Å²) >= 11 is 0. The minimum Gasteiger partial charge on any atom is -0.356 e. The van der Waals surface area contributed by atoms with Crippen LogP contribution < -0.4 is 10.6 Å². The van der Waals surface area contributed by atoms with Crippen LogP contribution in [0.5, 0.6) is 0 Å². The maximum atomic E-state index is 11.8. The van der Waals surface area contributed by atoms with Crippen molar-refractivity contribution in [1.29, 1.82) is 0 Å². The lowest BCUT2D eigenvalue weighted by Gasteiger charge is -2.24. The molecule has 2 aliphatic carbocycles. The van der Waals surface area contributed by atoms with Gasteiger partial charge in [-0.15, -0.1) is 0 Å². The molecule has 2 atom stereocenters. The first-order valence-corrected chi connectivity index (χ1v) is 9.51. The Morgan fingerprint density at radius 2 is 1.65 bits per heavy atom. The molecule has 0 aromatic rings. The van der Waals surface area contributed by atoms with E-state index < -0.39 is 0 Å². The highest BCUT2D eigenvalue weighted by atomic mass is 16.1. The largest absolute Gasteiger partial charge is 0.356 e. The summed E-state index contributed by atoms with van der Waals surface area (Å²) in [7, 11) is 1.88. The summed E-state index contributed by atoms with van der Waals surface area (Å²) in [5.41, 5.74) is 0. The number of rotatable bonds is 5. The Bertz CT molecular complexity index is 419. The lowest BCUT2D eigenvalue weighted by atomic mass is 9.82. The molecular formula is C18H32N4O. The highest BCUT2D eigenvalue weighted by Gasteiger charge is 2.35. The van der Waals surface area contributed by atoms with Gasteiger partial charge < -0.3 is 15.5 Å². The Hall–Kier alpha value is -1.26. The number of hydrogen-bond acceptors (Lipinski definition) is 2. The van der Waals surface area contributed by atoms with Crippen LogP contribution in [0, 0.1) is 17.8 Å². The van der Waals surface area contributed by atoms with Crippen molar-refractivity contribution in [2.45, 2.75) is 51.4 Å². The third-order valence-corrected chi connectivity index (χ3v) is 5.90. The molecular weight excluding hydrogens is 288 g/mol. The van der Waals surface area contributed by atoms with Crippen LogP contribution >= 0.6 is 0 Å². The topological polar surface area (TPSA) is 56.7 Å². The first kappa shape index (κ1) is 16.6. The zero-order valence-electron chi connectivity index (χ0n) is 14.5. The third kappa shape index (κ3) is 4.18. The lowest BCUT2D eigenvalue weighted by Crippen LogP contribution is -2.41. The van der Waals surface area contributed by atoms with E-state index in [2.05, 4.69) is 20.5 Å². The van der Waals surface area contributed by atoms with Gasteiger partial charge in [0.15, 0.2) is 5.96 Å². The molecule has 1 aliphatic heterocycles. The van der Waals surface area contributed by atoms with Gasteiger partial charge in [0, 0.05) is 39.1 Å². The molecule has 5 nitrogen and oxygen atoms in total. The van der Waals surface area contributed by atoms with Gasteiger partial charge in [-0.25, -0.2) is 0 Å². The Kier molecular flexibility index (Phi) is 5.79. The zero-order valence-corrected chi connectivity index (χ0v) is 14.5. The van der Waals surface area contributed by atoms with E-state index >= 15 is 0 Å². The van der Waals surface area contributed by atoms with Gasteiger partial charge in [0.1, 0.15) is 0 Å². The standard InChI is InChI=1S/C18H32N4O/c1-19-18(22-12-15-6-2-3-7-16(15)13-22)21-11-5-10-20-17(23)14-8-4-9-14/h14-16H,2-13H2,1H3,(H,19,21)(H,20,23). The molecule has 0 aromatic carbocycles. The summed E-state index contributed by atoms with van der Waals surface area (Å²) < 4.78 is 0. The molecule has 2 saturated carbocycles. The van der Waals surface area contributed by atoms with Crippen molar-refractivity contribution in [3.63, 3.8) is 0 Å². The minimum atomic E-state index is 0.254. The van der Waals surface area contributed by atoms with E-state index in [1.54, 1.807) is 0 Å². The van der Waals surface area contributed by atoms with Gasteiger partial charge in [0.2, 0.25) is 5.91 Å². The van der Waals surface area contributed by atoms with Crippen LogP contribution in [0.1, 0.15) is 51.4 Å². The smallest absolute Gasteiger partial charge is 0.223 e. The minimum absolute atomic E-state index is 0.254. The Balaban J connectivity index is 1.33. The first-order chi connectivity index (χ1) is 11.3. The van der Waals surface area contributed by atoms with Crippen LogP contribution in [0.25, 0.3) is 0 Å². The van der Waals surface area contributed by atoms with Crippen LogP contribution in [0.4, 0.5) is 0 Å². The van der Waals surface area contributed by atoms with Gasteiger partial charge in [0.05, 0.1) is 0 Å². The number of hydrogen-bond donors (Lipinski definition) is 2. The van der Waals surface area contributed by atoms with Crippen molar-refractivity contribution in [3.05, 3.63) is 0 Å². The highest BCUT2D eigenvalue weighted by Crippen LogP contribution is 2.35. The molecule has 2 N–H and O–H groups in total. The average Bonchev–Trinajstić information content (AvgIpc) is 2.92. The molecule has 0 radical (unpaired) electrons. The van der Waals surface area contributed by atoms with Crippen molar-refractivity contribution in [2.75, 3.05) is 33.2 Å². The Labute approximate surface area is 140 Å². The summed E-state index contributed by atoms with van der Waals surface area (Å²) in [5, 5.41) is 6.53. The van der Waals surface area contributed by atoms with E-state index in [4.69, 9.17) is 0 Å².